The van der Waals surface area contributed by atoms with Gasteiger partial charge in [0.15, 0.2) is 5.96 Å². The molecule has 5 nitrogen and oxygen atoms in total. The number of nitrogens with zero attached hydrogens (tertiary/aromatic N) is 2. The largest absolute Gasteiger partial charge is 0.379 e. The van der Waals surface area contributed by atoms with Crippen LogP contribution in [0, 0.1) is 0 Å². The third-order valence-electron chi connectivity index (χ3n) is 5.83. The minimum atomic E-state index is 0.0456. The van der Waals surface area contributed by atoms with Crippen molar-refractivity contribution in [3.05, 3.63) is 35.9 Å². The van der Waals surface area contributed by atoms with Crippen molar-refractivity contribution in [2.75, 3.05) is 57.9 Å². The lowest BCUT2D eigenvalue weighted by molar-refractivity contribution is -0.0120. The molecule has 2 saturated heterocycles. The highest BCUT2D eigenvalue weighted by atomic mass is 32.2. The van der Waals surface area contributed by atoms with Crippen molar-refractivity contribution in [1.29, 1.82) is 0 Å². The van der Waals surface area contributed by atoms with Crippen molar-refractivity contribution in [1.82, 2.24) is 15.5 Å². The van der Waals surface area contributed by atoms with Gasteiger partial charge in [-0.3, -0.25) is 9.89 Å². The summed E-state index contributed by atoms with van der Waals surface area (Å²) < 4.78 is 5.56. The summed E-state index contributed by atoms with van der Waals surface area (Å²) >= 11 is 2.07. The van der Waals surface area contributed by atoms with Crippen LogP contribution in [0.5, 0.6) is 0 Å². The molecule has 3 rings (SSSR count). The second-order valence-corrected chi connectivity index (χ2v) is 9.26. The lowest BCUT2D eigenvalue weighted by Gasteiger charge is -2.43. The Hall–Kier alpha value is -1.24. The molecule has 2 heterocycles. The molecule has 2 N–H and O–H groups in total. The summed E-state index contributed by atoms with van der Waals surface area (Å²) in [6.45, 7) is 10.1. The van der Waals surface area contributed by atoms with E-state index in [1.165, 1.54) is 23.5 Å². The Morgan fingerprint density at radius 2 is 1.96 bits per heavy atom. The summed E-state index contributed by atoms with van der Waals surface area (Å²) in [6, 6.07) is 10.7. The summed E-state index contributed by atoms with van der Waals surface area (Å²) in [4.78, 5) is 7.10. The number of hydrogen-bond donors (Lipinski definition) is 2. The van der Waals surface area contributed by atoms with Crippen LogP contribution < -0.4 is 10.6 Å². The first kappa shape index (κ1) is 20.5. The molecule has 1 atom stereocenters. The number of nitrogens with one attached hydrogen (secondary N) is 2. The third kappa shape index (κ3) is 5.18. The number of rotatable bonds is 6. The van der Waals surface area contributed by atoms with Gasteiger partial charge in [-0.1, -0.05) is 44.2 Å². The van der Waals surface area contributed by atoms with Crippen LogP contribution in [0.3, 0.4) is 0 Å². The van der Waals surface area contributed by atoms with Crippen LogP contribution in [0.25, 0.3) is 0 Å². The van der Waals surface area contributed by atoms with E-state index < -0.39 is 0 Å². The Balaban J connectivity index is 1.56. The van der Waals surface area contributed by atoms with Crippen LogP contribution in [0.2, 0.25) is 0 Å². The van der Waals surface area contributed by atoms with E-state index in [4.69, 9.17) is 4.74 Å². The zero-order valence-corrected chi connectivity index (χ0v) is 17.8. The molecule has 2 aliphatic rings. The van der Waals surface area contributed by atoms with Crippen LogP contribution in [0.15, 0.2) is 35.3 Å². The summed E-state index contributed by atoms with van der Waals surface area (Å²) in [5.41, 5.74) is 1.61. The smallest absolute Gasteiger partial charge is 0.191 e. The van der Waals surface area contributed by atoms with E-state index in [1.807, 2.05) is 7.05 Å². The minimum Gasteiger partial charge on any atom is -0.379 e. The van der Waals surface area contributed by atoms with Gasteiger partial charge in [0, 0.05) is 49.9 Å². The molecule has 0 amide bonds. The molecule has 27 heavy (non-hydrogen) atoms. The maximum absolute atomic E-state index is 5.56. The number of hydrogen-bond acceptors (Lipinski definition) is 4. The molecule has 1 unspecified atom stereocenters. The fraction of sp³-hybridized carbons (Fsp3) is 0.667. The first-order valence-corrected chi connectivity index (χ1v) is 11.1. The molecule has 0 bridgehead atoms. The second-order valence-electron chi connectivity index (χ2n) is 8.16. The third-order valence-corrected chi connectivity index (χ3v) is 7.06. The zero-order chi connectivity index (χ0) is 19.2. The molecular weight excluding hydrogens is 356 g/mol. The van der Waals surface area contributed by atoms with Crippen molar-refractivity contribution < 1.29 is 4.74 Å². The first-order chi connectivity index (χ1) is 13.1. The van der Waals surface area contributed by atoms with Crippen LogP contribution >= 0.6 is 11.8 Å². The molecule has 0 radical (unpaired) electrons. The predicted octanol–water partition coefficient (Wildman–Crippen LogP) is 2.34. The van der Waals surface area contributed by atoms with E-state index in [9.17, 15) is 0 Å². The topological polar surface area (TPSA) is 48.9 Å². The van der Waals surface area contributed by atoms with Gasteiger partial charge in [0.05, 0.1) is 13.2 Å². The number of aliphatic imine (C=N–C) groups is 1. The van der Waals surface area contributed by atoms with Crippen molar-refractivity contribution in [3.63, 3.8) is 0 Å². The normalized spacial score (nSPS) is 24.8. The Morgan fingerprint density at radius 3 is 2.59 bits per heavy atom. The molecule has 0 aromatic heterocycles. The highest BCUT2D eigenvalue weighted by molar-refractivity contribution is 7.99. The maximum atomic E-state index is 5.56. The fourth-order valence-electron chi connectivity index (χ4n) is 3.90. The average Bonchev–Trinajstić information content (AvgIpc) is 3.20. The van der Waals surface area contributed by atoms with Gasteiger partial charge in [0.2, 0.25) is 0 Å². The van der Waals surface area contributed by atoms with Crippen molar-refractivity contribution >= 4 is 17.7 Å². The Kier molecular flexibility index (Phi) is 7.06. The molecule has 0 aliphatic carbocycles. The predicted molar refractivity (Wildman–Crippen MR) is 116 cm³/mol. The van der Waals surface area contributed by atoms with E-state index in [0.717, 1.165) is 45.4 Å². The van der Waals surface area contributed by atoms with Gasteiger partial charge in [-0.15, -0.1) is 0 Å². The van der Waals surface area contributed by atoms with E-state index >= 15 is 0 Å². The SMILES string of the molecule is CN=C(NCC(C)(C)c1ccccc1)NCC1(N2CCOCC2)CCSC1. The maximum Gasteiger partial charge on any atom is 0.191 e. The molecule has 6 heteroatoms. The molecule has 0 saturated carbocycles. The monoisotopic (exact) mass is 390 g/mol. The van der Waals surface area contributed by atoms with Gasteiger partial charge in [-0.25, -0.2) is 0 Å². The van der Waals surface area contributed by atoms with Gasteiger partial charge >= 0.3 is 0 Å². The minimum absolute atomic E-state index is 0.0456. The first-order valence-electron chi connectivity index (χ1n) is 9.96. The van der Waals surface area contributed by atoms with Crippen molar-refractivity contribution in [2.24, 2.45) is 4.99 Å². The average molecular weight is 391 g/mol. The van der Waals surface area contributed by atoms with Crippen LogP contribution in [0.1, 0.15) is 25.8 Å². The van der Waals surface area contributed by atoms with Crippen LogP contribution in [-0.4, -0.2) is 74.3 Å². The van der Waals surface area contributed by atoms with Crippen molar-refractivity contribution in [3.8, 4) is 0 Å². The molecule has 2 fully saturated rings. The van der Waals surface area contributed by atoms with E-state index in [1.54, 1.807) is 0 Å². The Morgan fingerprint density at radius 1 is 1.22 bits per heavy atom. The van der Waals surface area contributed by atoms with Gasteiger partial charge < -0.3 is 15.4 Å². The van der Waals surface area contributed by atoms with Crippen LogP contribution in [-0.2, 0) is 10.2 Å². The highest BCUT2D eigenvalue weighted by Crippen LogP contribution is 2.33. The van der Waals surface area contributed by atoms with E-state index in [-0.39, 0.29) is 11.0 Å². The molecule has 1 aromatic rings. The van der Waals surface area contributed by atoms with Crippen molar-refractivity contribution in [2.45, 2.75) is 31.2 Å². The quantitative estimate of drug-likeness (QED) is 0.577. The lowest BCUT2D eigenvalue weighted by atomic mass is 9.85. The number of morpholine rings is 1. The zero-order valence-electron chi connectivity index (χ0n) is 17.0. The fourth-order valence-corrected chi connectivity index (χ4v) is 5.38. The Bertz CT molecular complexity index is 608. The van der Waals surface area contributed by atoms with Gasteiger partial charge in [-0.05, 0) is 17.7 Å². The summed E-state index contributed by atoms with van der Waals surface area (Å²) in [5, 5.41) is 7.16. The lowest BCUT2D eigenvalue weighted by Crippen LogP contribution is -2.60. The van der Waals surface area contributed by atoms with Gasteiger partial charge in [0.25, 0.3) is 0 Å². The summed E-state index contributed by atoms with van der Waals surface area (Å²) in [5.74, 6) is 3.32. The standard InChI is InChI=1S/C21H34N4OS/c1-20(2,18-7-5-4-6-8-18)15-23-19(22-3)24-16-21(9-14-27-17-21)25-10-12-26-13-11-25/h4-8H,9-17H2,1-3H3,(H2,22,23,24). The van der Waals surface area contributed by atoms with Crippen LogP contribution in [0.4, 0.5) is 0 Å². The molecule has 1 aromatic carbocycles. The Labute approximate surface area is 168 Å². The highest BCUT2D eigenvalue weighted by Gasteiger charge is 2.40. The van der Waals surface area contributed by atoms with E-state index in [2.05, 4.69) is 76.5 Å². The number of thioether (sulfide) groups is 1. The number of ether oxygens (including phenoxy) is 1. The number of guanidine groups is 1. The van der Waals surface area contributed by atoms with Gasteiger partial charge in [-0.2, -0.15) is 11.8 Å². The summed E-state index contributed by atoms with van der Waals surface area (Å²) in [6.07, 6.45) is 1.23. The second kappa shape index (κ2) is 9.30. The van der Waals surface area contributed by atoms with Gasteiger partial charge in [0.1, 0.15) is 0 Å². The molecule has 0 spiro atoms. The molecule has 150 valence electrons. The molecular formula is C21H34N4OS. The number of benzene rings is 1. The summed E-state index contributed by atoms with van der Waals surface area (Å²) in [7, 11) is 1.86. The van der Waals surface area contributed by atoms with E-state index in [0.29, 0.717) is 0 Å². The molecule has 2 aliphatic heterocycles.